The van der Waals surface area contributed by atoms with Gasteiger partial charge in [0.25, 0.3) is 0 Å². The zero-order valence-corrected chi connectivity index (χ0v) is 28.9. The number of hydrogen-bond acceptors (Lipinski definition) is 11. The minimum absolute atomic E-state index is 0.183. The third-order valence-corrected chi connectivity index (χ3v) is 6.56. The van der Waals surface area contributed by atoms with Gasteiger partial charge in [-0.3, -0.25) is 4.79 Å². The van der Waals surface area contributed by atoms with Gasteiger partial charge in [-0.1, -0.05) is 71.6 Å². The van der Waals surface area contributed by atoms with Crippen molar-refractivity contribution in [3.63, 3.8) is 0 Å². The van der Waals surface area contributed by atoms with E-state index in [2.05, 4.69) is 6.92 Å². The summed E-state index contributed by atoms with van der Waals surface area (Å²) in [5.41, 5.74) is 0. The maximum Gasteiger partial charge on any atom is 0.305 e. The molecule has 0 aromatic heterocycles. The normalized spacial score (nSPS) is 11.4. The molecule has 0 spiro atoms. The summed E-state index contributed by atoms with van der Waals surface area (Å²) in [4.78, 5) is 11.2. The topological polar surface area (TPSA) is 109 Å². The van der Waals surface area contributed by atoms with Crippen LogP contribution in [-0.4, -0.2) is 132 Å². The maximum atomic E-state index is 11.2. The Balaban J connectivity index is 3.05. The molecule has 0 aromatic carbocycles. The first kappa shape index (κ1) is 44.1. The number of hydrogen-bond donors (Lipinski definition) is 0. The van der Waals surface area contributed by atoms with Crippen LogP contribution in [0.4, 0.5) is 0 Å². The molecule has 0 saturated carbocycles. The van der Waals surface area contributed by atoms with Crippen molar-refractivity contribution in [1.82, 2.24) is 0 Å². The summed E-state index contributed by atoms with van der Waals surface area (Å²) in [6.07, 6.45) is 14.6. The molecule has 0 unspecified atom stereocenters. The van der Waals surface area contributed by atoms with E-state index >= 15 is 0 Å². The van der Waals surface area contributed by atoms with Crippen LogP contribution >= 0.6 is 0 Å². The lowest BCUT2D eigenvalue weighted by Gasteiger charge is -2.09. The molecule has 0 aliphatic carbocycles. The van der Waals surface area contributed by atoms with Gasteiger partial charge in [-0.15, -0.1) is 0 Å². The summed E-state index contributed by atoms with van der Waals surface area (Å²) in [5, 5.41) is 0. The highest BCUT2D eigenvalue weighted by Gasteiger charge is 2.00. The molecule has 0 N–H and O–H groups in total. The van der Waals surface area contributed by atoms with Crippen molar-refractivity contribution >= 4 is 5.97 Å². The quantitative estimate of drug-likeness (QED) is 0.0627. The van der Waals surface area contributed by atoms with Gasteiger partial charge < -0.3 is 47.4 Å². The smallest absolute Gasteiger partial charge is 0.305 e. The van der Waals surface area contributed by atoms with Crippen molar-refractivity contribution < 1.29 is 52.2 Å². The molecule has 270 valence electrons. The average molecular weight is 653 g/mol. The van der Waals surface area contributed by atoms with E-state index in [1.807, 2.05) is 6.92 Å². The molecule has 0 radical (unpaired) electrons. The molecule has 11 heteroatoms. The highest BCUT2D eigenvalue weighted by atomic mass is 16.6. The lowest BCUT2D eigenvalue weighted by atomic mass is 10.1. The maximum absolute atomic E-state index is 11.2. The third kappa shape index (κ3) is 41.1. The lowest BCUT2D eigenvalue weighted by Crippen LogP contribution is -2.15. The van der Waals surface area contributed by atoms with E-state index in [4.69, 9.17) is 47.4 Å². The van der Waals surface area contributed by atoms with Crippen LogP contribution in [0.1, 0.15) is 90.9 Å². The Kier molecular flexibility index (Phi) is 40.3. The molecule has 0 aromatic rings. The van der Waals surface area contributed by atoms with Crippen molar-refractivity contribution in [2.45, 2.75) is 90.9 Å². The summed E-state index contributed by atoms with van der Waals surface area (Å²) in [6, 6.07) is 0. The Hall–Kier alpha value is -0.890. The second kappa shape index (κ2) is 41.1. The molecule has 11 nitrogen and oxygen atoms in total. The van der Waals surface area contributed by atoms with Gasteiger partial charge in [-0.2, -0.15) is 0 Å². The molecule has 0 atom stereocenters. The van der Waals surface area contributed by atoms with E-state index in [0.29, 0.717) is 119 Å². The first-order chi connectivity index (χ1) is 22.3. The lowest BCUT2D eigenvalue weighted by molar-refractivity contribution is -0.145. The summed E-state index contributed by atoms with van der Waals surface area (Å²) in [6.45, 7) is 14.2. The van der Waals surface area contributed by atoms with Gasteiger partial charge in [0.15, 0.2) is 0 Å². The van der Waals surface area contributed by atoms with Gasteiger partial charge in [0.05, 0.1) is 112 Å². The Labute approximate surface area is 274 Å². The van der Waals surface area contributed by atoms with Crippen LogP contribution in [0.2, 0.25) is 0 Å². The predicted molar refractivity (Wildman–Crippen MR) is 175 cm³/mol. The summed E-state index contributed by atoms with van der Waals surface area (Å²) >= 11 is 0. The SMILES string of the molecule is CCCCCCCCCCCCOCCOCCOCCOCCOCCOCCOCCOCCOCCOC(=O)CCC. The van der Waals surface area contributed by atoms with Crippen LogP contribution in [0.15, 0.2) is 0 Å². The molecular formula is C34H68O11. The van der Waals surface area contributed by atoms with Gasteiger partial charge >= 0.3 is 5.97 Å². The fraction of sp³-hybridized carbons (Fsp3) is 0.971. The molecular weight excluding hydrogens is 584 g/mol. The molecule has 45 heavy (non-hydrogen) atoms. The van der Waals surface area contributed by atoms with Gasteiger partial charge in [-0.05, 0) is 12.8 Å². The van der Waals surface area contributed by atoms with E-state index in [1.165, 1.54) is 57.8 Å². The van der Waals surface area contributed by atoms with Gasteiger partial charge in [0.2, 0.25) is 0 Å². The summed E-state index contributed by atoms with van der Waals surface area (Å²) in [7, 11) is 0. The highest BCUT2D eigenvalue weighted by molar-refractivity contribution is 5.69. The number of ether oxygens (including phenoxy) is 10. The van der Waals surface area contributed by atoms with Gasteiger partial charge in [-0.25, -0.2) is 0 Å². The number of unbranched alkanes of at least 4 members (excludes halogenated alkanes) is 9. The first-order valence-corrected chi connectivity index (χ1v) is 17.7. The Bertz CT molecular complexity index is 554. The van der Waals surface area contributed by atoms with Gasteiger partial charge in [0.1, 0.15) is 6.61 Å². The van der Waals surface area contributed by atoms with Crippen LogP contribution in [0, 0.1) is 0 Å². The zero-order chi connectivity index (χ0) is 32.6. The molecule has 0 aliphatic heterocycles. The Morgan fingerprint density at radius 3 is 0.889 bits per heavy atom. The van der Waals surface area contributed by atoms with Crippen LogP contribution < -0.4 is 0 Å². The average Bonchev–Trinajstić information content (AvgIpc) is 3.04. The monoisotopic (exact) mass is 652 g/mol. The third-order valence-electron chi connectivity index (χ3n) is 6.56. The highest BCUT2D eigenvalue weighted by Crippen LogP contribution is 2.10. The molecule has 0 fully saturated rings. The predicted octanol–water partition coefficient (Wildman–Crippen LogP) is 5.40. The second-order valence-corrected chi connectivity index (χ2v) is 10.7. The van der Waals surface area contributed by atoms with Crippen molar-refractivity contribution in [2.24, 2.45) is 0 Å². The Morgan fingerprint density at radius 2 is 0.578 bits per heavy atom. The van der Waals surface area contributed by atoms with Crippen molar-refractivity contribution in [2.75, 3.05) is 126 Å². The van der Waals surface area contributed by atoms with Crippen LogP contribution in [-0.2, 0) is 52.2 Å². The first-order valence-electron chi connectivity index (χ1n) is 17.7. The fourth-order valence-electron chi connectivity index (χ4n) is 4.04. The zero-order valence-electron chi connectivity index (χ0n) is 28.9. The number of carbonyl (C=O) groups excluding carboxylic acids is 1. The van der Waals surface area contributed by atoms with E-state index in [9.17, 15) is 4.79 Å². The van der Waals surface area contributed by atoms with E-state index in [-0.39, 0.29) is 12.6 Å². The number of esters is 1. The van der Waals surface area contributed by atoms with Crippen LogP contribution in [0.3, 0.4) is 0 Å². The molecule has 0 amide bonds. The number of carbonyl (C=O) groups is 1. The van der Waals surface area contributed by atoms with E-state index in [0.717, 1.165) is 19.4 Å². The molecule has 0 aliphatic rings. The van der Waals surface area contributed by atoms with Crippen LogP contribution in [0.25, 0.3) is 0 Å². The number of rotatable bonds is 40. The van der Waals surface area contributed by atoms with Crippen molar-refractivity contribution in [3.8, 4) is 0 Å². The Morgan fingerprint density at radius 1 is 0.311 bits per heavy atom. The molecule has 0 saturated heterocycles. The minimum Gasteiger partial charge on any atom is -0.463 e. The minimum atomic E-state index is -0.183. The molecule has 0 bridgehead atoms. The van der Waals surface area contributed by atoms with Crippen molar-refractivity contribution in [1.29, 1.82) is 0 Å². The second-order valence-electron chi connectivity index (χ2n) is 10.7. The van der Waals surface area contributed by atoms with Crippen LogP contribution in [0.5, 0.6) is 0 Å². The molecule has 0 rings (SSSR count). The fourth-order valence-corrected chi connectivity index (χ4v) is 4.04. The molecule has 0 heterocycles. The largest absolute Gasteiger partial charge is 0.463 e. The summed E-state index contributed by atoms with van der Waals surface area (Å²) in [5.74, 6) is -0.183. The van der Waals surface area contributed by atoms with E-state index in [1.54, 1.807) is 0 Å². The standard InChI is InChI=1S/C34H68O11/c1-3-5-6-7-8-9-10-11-12-13-15-36-16-17-37-18-19-38-20-21-39-22-23-40-24-25-41-26-27-42-28-29-43-30-31-44-32-33-45-34(35)14-4-2/h3-33H2,1-2H3. The van der Waals surface area contributed by atoms with Crippen molar-refractivity contribution in [3.05, 3.63) is 0 Å². The van der Waals surface area contributed by atoms with E-state index < -0.39 is 0 Å². The van der Waals surface area contributed by atoms with Gasteiger partial charge in [0, 0.05) is 13.0 Å². The summed E-state index contributed by atoms with van der Waals surface area (Å²) < 4.78 is 54.4.